The number of amides is 1. The lowest BCUT2D eigenvalue weighted by Gasteiger charge is -2.37. The van der Waals surface area contributed by atoms with Gasteiger partial charge >= 0.3 is 6.09 Å². The summed E-state index contributed by atoms with van der Waals surface area (Å²) in [7, 11) is 1.66. The minimum atomic E-state index is -0.959. The zero-order valence-electron chi connectivity index (χ0n) is 9.75. The maximum Gasteiger partial charge on any atom is 0.407 e. The fourth-order valence-corrected chi connectivity index (χ4v) is 2.17. The van der Waals surface area contributed by atoms with E-state index in [4.69, 9.17) is 5.11 Å². The van der Waals surface area contributed by atoms with Crippen molar-refractivity contribution in [3.8, 4) is 0 Å². The van der Waals surface area contributed by atoms with Gasteiger partial charge in [-0.15, -0.1) is 0 Å². The maximum absolute atomic E-state index is 11.8. The van der Waals surface area contributed by atoms with E-state index in [0.29, 0.717) is 23.4 Å². The molecule has 1 aliphatic rings. The van der Waals surface area contributed by atoms with Crippen molar-refractivity contribution in [3.05, 3.63) is 28.4 Å². The number of hydrogen-bond acceptors (Lipinski definition) is 3. The average molecular weight is 248 g/mol. The van der Waals surface area contributed by atoms with E-state index in [2.05, 4.69) is 9.97 Å². The van der Waals surface area contributed by atoms with E-state index in [1.54, 1.807) is 19.3 Å². The fourth-order valence-electron chi connectivity index (χ4n) is 2.17. The van der Waals surface area contributed by atoms with Crippen molar-refractivity contribution in [1.29, 1.82) is 0 Å². The van der Waals surface area contributed by atoms with Gasteiger partial charge in [0.25, 0.3) is 5.56 Å². The van der Waals surface area contributed by atoms with Crippen LogP contribution in [-0.2, 0) is 7.05 Å². The minimum absolute atomic E-state index is 0.160. The lowest BCUT2D eigenvalue weighted by molar-refractivity contribution is 0.0719. The topological polar surface area (TPSA) is 91.2 Å². The molecule has 3 heterocycles. The Hall–Kier alpha value is -2.31. The summed E-state index contributed by atoms with van der Waals surface area (Å²) in [6, 6.07) is 1.47. The molecule has 0 spiro atoms. The smallest absolute Gasteiger partial charge is 0.407 e. The predicted octanol–water partition coefficient (Wildman–Crippen LogP) is 0.686. The first kappa shape index (κ1) is 10.8. The Morgan fingerprint density at radius 1 is 1.61 bits per heavy atom. The number of H-pyrrole nitrogens is 1. The maximum atomic E-state index is 11.8. The number of nitrogens with zero attached hydrogens (tertiary/aromatic N) is 3. The van der Waals surface area contributed by atoms with Gasteiger partial charge in [0, 0.05) is 19.8 Å². The Kier molecular flexibility index (Phi) is 2.16. The zero-order valence-corrected chi connectivity index (χ0v) is 9.75. The van der Waals surface area contributed by atoms with Crippen LogP contribution in [0.15, 0.2) is 17.1 Å². The molecule has 0 radical (unpaired) electrons. The molecule has 18 heavy (non-hydrogen) atoms. The Morgan fingerprint density at radius 2 is 2.39 bits per heavy atom. The van der Waals surface area contributed by atoms with Crippen LogP contribution in [0.1, 0.15) is 18.3 Å². The number of nitrogens with one attached hydrogen (secondary N) is 1. The second-order valence-corrected chi connectivity index (χ2v) is 4.39. The normalized spacial score (nSPS) is 18.9. The van der Waals surface area contributed by atoms with Crippen LogP contribution in [-0.4, -0.2) is 37.2 Å². The standard InChI is InChI=1S/C11H12N4O3/c1-14-4-2-6-8(10(14)16)13-9(12-6)7-3-5-15(7)11(17)18/h2,4,7H,3,5H2,1H3,(H,12,13)(H,17,18)/t7-/m0/s1. The molecule has 0 bridgehead atoms. The molecule has 2 aromatic rings. The highest BCUT2D eigenvalue weighted by atomic mass is 16.4. The van der Waals surface area contributed by atoms with Crippen molar-refractivity contribution >= 4 is 17.1 Å². The first-order valence-electron chi connectivity index (χ1n) is 5.63. The van der Waals surface area contributed by atoms with E-state index in [-0.39, 0.29) is 11.6 Å². The number of imidazole rings is 1. The Labute approximate surface area is 102 Å². The minimum Gasteiger partial charge on any atom is -0.465 e. The monoisotopic (exact) mass is 248 g/mol. The molecule has 3 rings (SSSR count). The molecule has 2 N–H and O–H groups in total. The number of aryl methyl sites for hydroxylation is 1. The van der Waals surface area contributed by atoms with E-state index < -0.39 is 6.09 Å². The number of carbonyl (C=O) groups is 1. The third kappa shape index (κ3) is 1.40. The fraction of sp³-hybridized carbons (Fsp3) is 0.364. The van der Waals surface area contributed by atoms with Crippen molar-refractivity contribution in [3.63, 3.8) is 0 Å². The van der Waals surface area contributed by atoms with Crippen LogP contribution in [0.2, 0.25) is 0 Å². The van der Waals surface area contributed by atoms with Crippen molar-refractivity contribution < 1.29 is 9.90 Å². The van der Waals surface area contributed by atoms with E-state index in [0.717, 1.165) is 6.42 Å². The lowest BCUT2D eigenvalue weighted by atomic mass is 10.0. The van der Waals surface area contributed by atoms with Crippen molar-refractivity contribution in [1.82, 2.24) is 19.4 Å². The molecular formula is C11H12N4O3. The largest absolute Gasteiger partial charge is 0.465 e. The summed E-state index contributed by atoms with van der Waals surface area (Å²) in [5.41, 5.74) is 0.838. The summed E-state index contributed by atoms with van der Waals surface area (Å²) >= 11 is 0. The van der Waals surface area contributed by atoms with Crippen LogP contribution in [0.5, 0.6) is 0 Å². The van der Waals surface area contributed by atoms with Gasteiger partial charge in [-0.05, 0) is 12.5 Å². The number of fused-ring (bicyclic) bond motifs is 1. The summed E-state index contributed by atoms with van der Waals surface area (Å²) in [5.74, 6) is 0.543. The molecule has 94 valence electrons. The number of aromatic nitrogens is 3. The summed E-state index contributed by atoms with van der Waals surface area (Å²) < 4.78 is 1.46. The van der Waals surface area contributed by atoms with Crippen LogP contribution < -0.4 is 5.56 Å². The molecule has 0 aromatic carbocycles. The number of carboxylic acid groups (broad SMARTS) is 1. The number of pyridine rings is 1. The third-order valence-corrected chi connectivity index (χ3v) is 3.32. The van der Waals surface area contributed by atoms with E-state index >= 15 is 0 Å². The van der Waals surface area contributed by atoms with Crippen LogP contribution in [0.4, 0.5) is 4.79 Å². The molecule has 7 heteroatoms. The molecule has 0 aliphatic carbocycles. The highest BCUT2D eigenvalue weighted by molar-refractivity contribution is 5.74. The van der Waals surface area contributed by atoms with Crippen molar-refractivity contribution in [2.75, 3.05) is 6.54 Å². The SMILES string of the molecule is Cn1ccc2nc([C@@H]3CCN3C(=O)O)[nH]c2c1=O. The highest BCUT2D eigenvalue weighted by Gasteiger charge is 2.35. The summed E-state index contributed by atoms with van der Waals surface area (Å²) in [6.45, 7) is 0.509. The Morgan fingerprint density at radius 3 is 3.00 bits per heavy atom. The third-order valence-electron chi connectivity index (χ3n) is 3.32. The molecule has 1 atom stereocenters. The highest BCUT2D eigenvalue weighted by Crippen LogP contribution is 2.31. The van der Waals surface area contributed by atoms with Crippen molar-refractivity contribution in [2.24, 2.45) is 7.05 Å². The lowest BCUT2D eigenvalue weighted by Crippen LogP contribution is -2.44. The molecule has 1 saturated heterocycles. The van der Waals surface area contributed by atoms with E-state index in [1.165, 1.54) is 9.47 Å². The van der Waals surface area contributed by atoms with Gasteiger partial charge in [0.2, 0.25) is 0 Å². The molecule has 2 aromatic heterocycles. The quantitative estimate of drug-likeness (QED) is 0.776. The predicted molar refractivity (Wildman–Crippen MR) is 63.4 cm³/mol. The second-order valence-electron chi connectivity index (χ2n) is 4.39. The van der Waals surface area contributed by atoms with Crippen LogP contribution in [0.3, 0.4) is 0 Å². The van der Waals surface area contributed by atoms with E-state index in [1.807, 2.05) is 0 Å². The molecule has 1 aliphatic heterocycles. The molecule has 0 saturated carbocycles. The van der Waals surface area contributed by atoms with Gasteiger partial charge in [0.15, 0.2) is 0 Å². The number of hydrogen-bond donors (Lipinski definition) is 2. The van der Waals surface area contributed by atoms with Crippen LogP contribution in [0, 0.1) is 0 Å². The number of likely N-dealkylation sites (tertiary alicyclic amines) is 1. The first-order chi connectivity index (χ1) is 8.58. The summed E-state index contributed by atoms with van der Waals surface area (Å²) in [6.07, 6.45) is 1.41. The molecule has 7 nitrogen and oxygen atoms in total. The number of rotatable bonds is 1. The van der Waals surface area contributed by atoms with Crippen LogP contribution in [0.25, 0.3) is 11.0 Å². The summed E-state index contributed by atoms with van der Waals surface area (Å²) in [4.78, 5) is 31.3. The average Bonchev–Trinajstić information content (AvgIpc) is 2.65. The van der Waals surface area contributed by atoms with Gasteiger partial charge in [0.1, 0.15) is 11.3 Å². The second kappa shape index (κ2) is 3.59. The van der Waals surface area contributed by atoms with Gasteiger partial charge in [-0.25, -0.2) is 9.78 Å². The zero-order chi connectivity index (χ0) is 12.9. The van der Waals surface area contributed by atoms with Gasteiger partial charge in [-0.3, -0.25) is 9.69 Å². The van der Waals surface area contributed by atoms with Gasteiger partial charge in [-0.2, -0.15) is 0 Å². The first-order valence-corrected chi connectivity index (χ1v) is 5.63. The van der Waals surface area contributed by atoms with Crippen molar-refractivity contribution in [2.45, 2.75) is 12.5 Å². The Bertz CT molecular complexity index is 687. The molecule has 1 amide bonds. The molecular weight excluding hydrogens is 236 g/mol. The number of aromatic amines is 1. The summed E-state index contributed by atoms with van der Waals surface area (Å²) in [5, 5.41) is 8.96. The van der Waals surface area contributed by atoms with Gasteiger partial charge in [0.05, 0.1) is 11.6 Å². The van der Waals surface area contributed by atoms with Gasteiger partial charge in [-0.1, -0.05) is 0 Å². The Balaban J connectivity index is 2.07. The molecule has 0 unspecified atom stereocenters. The van der Waals surface area contributed by atoms with Gasteiger partial charge < -0.3 is 14.7 Å². The molecule has 1 fully saturated rings. The van der Waals surface area contributed by atoms with E-state index in [9.17, 15) is 9.59 Å². The van der Waals surface area contributed by atoms with Crippen LogP contribution >= 0.6 is 0 Å².